The first-order chi connectivity index (χ1) is 5.68. The molecule has 0 nitrogen and oxygen atoms in total. The van der Waals surface area contributed by atoms with E-state index in [1.54, 1.807) is 11.1 Å². The third kappa shape index (κ3) is 3.25. The number of rotatable bonds is 3. The van der Waals surface area contributed by atoms with Crippen LogP contribution in [0.1, 0.15) is 46.5 Å². The van der Waals surface area contributed by atoms with E-state index in [9.17, 15) is 0 Å². The smallest absolute Gasteiger partial charge is 0.0280 e. The van der Waals surface area contributed by atoms with Crippen LogP contribution in [0.5, 0.6) is 0 Å². The minimum atomic E-state index is 0.835. The van der Waals surface area contributed by atoms with Crippen molar-refractivity contribution < 1.29 is 0 Å². The summed E-state index contributed by atoms with van der Waals surface area (Å²) >= 11 is 0. The van der Waals surface area contributed by atoms with Gasteiger partial charge in [-0.1, -0.05) is 37.1 Å². The lowest BCUT2D eigenvalue weighted by atomic mass is 9.95. The molecular weight excluding hydrogens is 144 g/mol. The van der Waals surface area contributed by atoms with E-state index in [0.29, 0.717) is 0 Å². The summed E-state index contributed by atoms with van der Waals surface area (Å²) in [5.41, 5.74) is 3.11. The fourth-order valence-electron chi connectivity index (χ4n) is 1.56. The van der Waals surface area contributed by atoms with Crippen LogP contribution in [0.15, 0.2) is 23.3 Å². The zero-order chi connectivity index (χ0) is 8.97. The molecule has 1 rings (SSSR count). The normalized spacial score (nSPS) is 17.7. The minimum Gasteiger partial charge on any atom is -0.0810 e. The van der Waals surface area contributed by atoms with Crippen molar-refractivity contribution >= 4 is 0 Å². The second kappa shape index (κ2) is 4.49. The molecule has 0 saturated carbocycles. The van der Waals surface area contributed by atoms with Crippen LogP contribution in [-0.2, 0) is 0 Å². The summed E-state index contributed by atoms with van der Waals surface area (Å²) in [6.07, 6.45) is 9.90. The van der Waals surface area contributed by atoms with Crippen molar-refractivity contribution in [2.45, 2.75) is 46.5 Å². The molecule has 0 radical (unpaired) electrons. The summed E-state index contributed by atoms with van der Waals surface area (Å²) in [5, 5.41) is 0. The van der Waals surface area contributed by atoms with Crippen molar-refractivity contribution in [1.82, 2.24) is 0 Å². The summed E-state index contributed by atoms with van der Waals surface area (Å²) in [7, 11) is 0. The molecule has 0 atom stereocenters. The fraction of sp³-hybridized carbons (Fsp3) is 0.667. The Kier molecular flexibility index (Phi) is 3.58. The largest absolute Gasteiger partial charge is 0.0810 e. The van der Waals surface area contributed by atoms with Gasteiger partial charge in [-0.25, -0.2) is 0 Å². The predicted molar refractivity (Wildman–Crippen MR) is 55.1 cm³/mol. The Bertz CT molecular complexity index is 194. The molecule has 0 saturated heterocycles. The highest BCUT2D eigenvalue weighted by Crippen LogP contribution is 2.21. The molecule has 0 aromatic heterocycles. The Balaban J connectivity index is 2.37. The Morgan fingerprint density at radius 3 is 2.75 bits per heavy atom. The van der Waals surface area contributed by atoms with Crippen LogP contribution < -0.4 is 0 Å². The molecule has 0 aromatic rings. The van der Waals surface area contributed by atoms with Gasteiger partial charge >= 0.3 is 0 Å². The van der Waals surface area contributed by atoms with Crippen molar-refractivity contribution in [2.24, 2.45) is 5.92 Å². The monoisotopic (exact) mass is 164 g/mol. The molecule has 1 aliphatic carbocycles. The second-order valence-electron chi connectivity index (χ2n) is 4.24. The topological polar surface area (TPSA) is 0 Å². The Morgan fingerprint density at radius 2 is 2.17 bits per heavy atom. The zero-order valence-electron chi connectivity index (χ0n) is 8.56. The van der Waals surface area contributed by atoms with E-state index in [4.69, 9.17) is 0 Å². The molecule has 0 heterocycles. The number of allylic oxidation sites excluding steroid dienone is 4. The van der Waals surface area contributed by atoms with Gasteiger partial charge in [0.15, 0.2) is 0 Å². The van der Waals surface area contributed by atoms with Crippen LogP contribution >= 0.6 is 0 Å². The van der Waals surface area contributed by atoms with E-state index in [0.717, 1.165) is 5.92 Å². The lowest BCUT2D eigenvalue weighted by Crippen LogP contribution is -1.93. The minimum absolute atomic E-state index is 0.835. The van der Waals surface area contributed by atoms with Gasteiger partial charge in [-0.05, 0) is 38.5 Å². The van der Waals surface area contributed by atoms with Crippen LogP contribution in [0.25, 0.3) is 0 Å². The van der Waals surface area contributed by atoms with Crippen LogP contribution in [0.3, 0.4) is 0 Å². The summed E-state index contributed by atoms with van der Waals surface area (Å²) < 4.78 is 0. The van der Waals surface area contributed by atoms with Gasteiger partial charge in [0.2, 0.25) is 0 Å². The number of hydrogen-bond acceptors (Lipinski definition) is 0. The lowest BCUT2D eigenvalue weighted by molar-refractivity contribution is 0.586. The summed E-state index contributed by atoms with van der Waals surface area (Å²) in [6, 6.07) is 0. The second-order valence-corrected chi connectivity index (χ2v) is 4.24. The van der Waals surface area contributed by atoms with Crippen molar-refractivity contribution in [3.63, 3.8) is 0 Å². The maximum Gasteiger partial charge on any atom is -0.0280 e. The molecule has 1 aliphatic rings. The molecule has 12 heavy (non-hydrogen) atoms. The molecule has 0 aromatic carbocycles. The van der Waals surface area contributed by atoms with Gasteiger partial charge in [0, 0.05) is 0 Å². The quantitative estimate of drug-likeness (QED) is 0.589. The van der Waals surface area contributed by atoms with E-state index in [1.807, 2.05) is 0 Å². The average molecular weight is 164 g/mol. The predicted octanol–water partition coefficient (Wildman–Crippen LogP) is 4.09. The summed E-state index contributed by atoms with van der Waals surface area (Å²) in [5.74, 6) is 0.835. The first kappa shape index (κ1) is 9.57. The van der Waals surface area contributed by atoms with E-state index < -0.39 is 0 Å². The van der Waals surface area contributed by atoms with Gasteiger partial charge < -0.3 is 0 Å². The molecular formula is C12H20. The third-order valence-corrected chi connectivity index (χ3v) is 2.39. The van der Waals surface area contributed by atoms with Gasteiger partial charge in [-0.3, -0.25) is 0 Å². The van der Waals surface area contributed by atoms with E-state index in [1.165, 1.54) is 25.7 Å². The Morgan fingerprint density at radius 1 is 1.42 bits per heavy atom. The van der Waals surface area contributed by atoms with E-state index in [-0.39, 0.29) is 0 Å². The van der Waals surface area contributed by atoms with Gasteiger partial charge in [0.25, 0.3) is 0 Å². The average Bonchev–Trinajstić information content (AvgIpc) is 2.01. The lowest BCUT2D eigenvalue weighted by Gasteiger charge is -2.11. The SMILES string of the molecule is CC1=CC(CCC(C)C)=CCC1. The first-order valence-corrected chi connectivity index (χ1v) is 5.04. The Hall–Kier alpha value is -0.520. The van der Waals surface area contributed by atoms with Gasteiger partial charge in [0.1, 0.15) is 0 Å². The molecule has 0 N–H and O–H groups in total. The van der Waals surface area contributed by atoms with Crippen LogP contribution in [-0.4, -0.2) is 0 Å². The molecule has 0 bridgehead atoms. The fourth-order valence-corrected chi connectivity index (χ4v) is 1.56. The van der Waals surface area contributed by atoms with Gasteiger partial charge in [0.05, 0.1) is 0 Å². The zero-order valence-corrected chi connectivity index (χ0v) is 8.56. The van der Waals surface area contributed by atoms with Gasteiger partial charge in [-0.15, -0.1) is 0 Å². The molecule has 0 spiro atoms. The Labute approximate surface area is 76.4 Å². The molecule has 0 aliphatic heterocycles. The first-order valence-electron chi connectivity index (χ1n) is 5.04. The van der Waals surface area contributed by atoms with Gasteiger partial charge in [-0.2, -0.15) is 0 Å². The third-order valence-electron chi connectivity index (χ3n) is 2.39. The maximum absolute atomic E-state index is 2.40. The van der Waals surface area contributed by atoms with Crippen molar-refractivity contribution in [1.29, 1.82) is 0 Å². The highest BCUT2D eigenvalue weighted by atomic mass is 14.1. The highest BCUT2D eigenvalue weighted by molar-refractivity contribution is 5.26. The summed E-state index contributed by atoms with van der Waals surface area (Å²) in [4.78, 5) is 0. The van der Waals surface area contributed by atoms with Crippen molar-refractivity contribution in [3.8, 4) is 0 Å². The van der Waals surface area contributed by atoms with Crippen molar-refractivity contribution in [3.05, 3.63) is 23.3 Å². The van der Waals surface area contributed by atoms with Crippen molar-refractivity contribution in [2.75, 3.05) is 0 Å². The van der Waals surface area contributed by atoms with Crippen LogP contribution in [0.4, 0.5) is 0 Å². The van der Waals surface area contributed by atoms with E-state index >= 15 is 0 Å². The molecule has 0 unspecified atom stereocenters. The van der Waals surface area contributed by atoms with Crippen LogP contribution in [0, 0.1) is 5.92 Å². The highest BCUT2D eigenvalue weighted by Gasteiger charge is 2.02. The molecule has 0 heteroatoms. The maximum atomic E-state index is 2.40. The van der Waals surface area contributed by atoms with E-state index in [2.05, 4.69) is 32.9 Å². The molecule has 68 valence electrons. The summed E-state index contributed by atoms with van der Waals surface area (Å²) in [6.45, 7) is 6.82. The van der Waals surface area contributed by atoms with Crippen LogP contribution in [0.2, 0.25) is 0 Å². The standard InChI is InChI=1S/C12H20/c1-10(2)7-8-12-6-4-5-11(3)9-12/h6,9-10H,4-5,7-8H2,1-3H3. The molecule has 0 amide bonds. The number of hydrogen-bond donors (Lipinski definition) is 0. The molecule has 0 fully saturated rings.